The minimum Gasteiger partial charge on any atom is -0.399 e. The highest BCUT2D eigenvalue weighted by atomic mass is 127. The monoisotopic (exact) mass is 283 g/mol. The summed E-state index contributed by atoms with van der Waals surface area (Å²) in [4.78, 5) is 0. The number of hydrogen-bond donors (Lipinski definition) is 1. The van der Waals surface area contributed by atoms with Gasteiger partial charge in [0, 0.05) is 11.3 Å². The van der Waals surface area contributed by atoms with Gasteiger partial charge in [-0.3, -0.25) is 0 Å². The van der Waals surface area contributed by atoms with Gasteiger partial charge >= 0.3 is 3.93 Å². The Morgan fingerprint density at radius 3 is 2.17 bits per heavy atom. The van der Waals surface area contributed by atoms with E-state index in [1.165, 1.54) is 24.3 Å². The van der Waals surface area contributed by atoms with E-state index in [0.717, 1.165) is 0 Å². The molecule has 0 saturated carbocycles. The van der Waals surface area contributed by atoms with Gasteiger partial charge in [0.25, 0.3) is 0 Å². The number of anilines is 1. The van der Waals surface area contributed by atoms with Crippen LogP contribution >= 0.6 is 20.7 Å². The highest BCUT2D eigenvalue weighted by molar-refractivity contribution is 14.2. The molecule has 0 saturated heterocycles. The molecular formula is C8H8F2IN. The minimum atomic E-state index is -2.73. The van der Waals surface area contributed by atoms with E-state index in [9.17, 15) is 8.78 Å². The predicted octanol–water partition coefficient (Wildman–Crippen LogP) is 2.72. The van der Waals surface area contributed by atoms with Crippen molar-refractivity contribution in [2.24, 2.45) is 0 Å². The molecule has 1 rings (SSSR count). The topological polar surface area (TPSA) is 26.0 Å². The number of nitrogens with two attached hydrogens (primary N) is 1. The molecule has 1 aromatic rings. The number of rotatable bonds is 2. The van der Waals surface area contributed by atoms with Crippen molar-refractivity contribution < 1.29 is 8.78 Å². The Balaban J connectivity index is 3.04. The van der Waals surface area contributed by atoms with Crippen molar-refractivity contribution in [3.63, 3.8) is 0 Å². The maximum Gasteiger partial charge on any atom is 0.316 e. The maximum atomic E-state index is 13.0. The highest BCUT2D eigenvalue weighted by Gasteiger charge is 2.27. The van der Waals surface area contributed by atoms with E-state index in [-0.39, 0.29) is 5.56 Å². The molecule has 2 N–H and O–H groups in total. The van der Waals surface area contributed by atoms with Crippen molar-refractivity contribution in [2.45, 2.75) is 3.93 Å². The van der Waals surface area contributed by atoms with Crippen molar-refractivity contribution in [3.05, 3.63) is 29.8 Å². The highest BCUT2D eigenvalue weighted by Crippen LogP contribution is 2.38. The van der Waals surface area contributed by atoms with E-state index < -0.39 is 24.7 Å². The molecular weight excluding hydrogens is 275 g/mol. The summed E-state index contributed by atoms with van der Waals surface area (Å²) in [7, 11) is 0. The van der Waals surface area contributed by atoms with E-state index in [1.54, 1.807) is 0 Å². The summed E-state index contributed by atoms with van der Waals surface area (Å²) < 4.78 is 26.5. The number of alkyl halides is 3. The van der Waals surface area contributed by atoms with E-state index in [1.807, 2.05) is 0 Å². The molecule has 1 aromatic carbocycles. The molecule has 0 amide bonds. The van der Waals surface area contributed by atoms with Crippen LogP contribution in [0, 0.1) is 0 Å². The molecule has 0 atom stereocenters. The lowest BCUT2D eigenvalue weighted by atomic mass is 10.2. The number of halogens is 3. The van der Waals surface area contributed by atoms with Crippen LogP contribution in [0.1, 0.15) is 5.56 Å². The molecule has 0 fully saturated rings. The van der Waals surface area contributed by atoms with Gasteiger partial charge in [0.1, 0.15) is 0 Å². The van der Waals surface area contributed by atoms with Gasteiger partial charge in [-0.15, -0.1) is 0 Å². The van der Waals surface area contributed by atoms with Crippen LogP contribution in [0.4, 0.5) is 14.5 Å². The molecule has 0 aliphatic carbocycles. The second-order valence-corrected chi connectivity index (χ2v) is 4.37. The Morgan fingerprint density at radius 2 is 1.75 bits per heavy atom. The Labute approximate surface area is 79.3 Å². The van der Waals surface area contributed by atoms with Gasteiger partial charge < -0.3 is 5.73 Å². The largest absolute Gasteiger partial charge is 0.399 e. The van der Waals surface area contributed by atoms with E-state index >= 15 is 0 Å². The molecule has 0 bridgehead atoms. The zero-order valence-corrected chi connectivity index (χ0v) is 8.39. The molecule has 1 nitrogen and oxygen atoms in total. The second kappa shape index (κ2) is 3.47. The summed E-state index contributed by atoms with van der Waals surface area (Å²) >= 11 is -1.35. The van der Waals surface area contributed by atoms with Gasteiger partial charge in [0.05, 0.1) is 0 Å². The Morgan fingerprint density at radius 1 is 1.25 bits per heavy atom. The van der Waals surface area contributed by atoms with Crippen LogP contribution in [0.15, 0.2) is 24.3 Å². The Bertz CT molecular complexity index is 282. The molecule has 0 unspecified atom stereocenters. The lowest BCUT2D eigenvalue weighted by molar-refractivity contribution is 0.127. The van der Waals surface area contributed by atoms with Crippen LogP contribution in [0.3, 0.4) is 0 Å². The van der Waals surface area contributed by atoms with Gasteiger partial charge in [0.15, 0.2) is 0 Å². The fraction of sp³-hybridized carbons (Fsp3) is 0.125. The molecule has 0 spiro atoms. The molecule has 0 aromatic heterocycles. The average molecular weight is 283 g/mol. The molecule has 0 aliphatic heterocycles. The summed E-state index contributed by atoms with van der Waals surface area (Å²) in [5, 5.41) is 0. The Kier molecular flexibility index (Phi) is 2.76. The SMILES string of the molecule is C=IC(F)(F)c1ccc(N)cc1. The van der Waals surface area contributed by atoms with Gasteiger partial charge in [-0.05, 0) is 32.9 Å². The standard InChI is InChI=1S/C8H8F2IN/c1-11-8(9,10)6-2-4-7(12)5-3-6/h2-5H,1,12H2. The maximum absolute atomic E-state index is 13.0. The fourth-order valence-electron chi connectivity index (χ4n) is 0.749. The van der Waals surface area contributed by atoms with Crippen molar-refractivity contribution in [3.8, 4) is 0 Å². The fourth-order valence-corrected chi connectivity index (χ4v) is 1.55. The van der Waals surface area contributed by atoms with Gasteiger partial charge in [-0.2, -0.15) is 8.78 Å². The summed E-state index contributed by atoms with van der Waals surface area (Å²) in [6, 6.07) is 5.64. The minimum absolute atomic E-state index is 0.0134. The lowest BCUT2D eigenvalue weighted by Gasteiger charge is -2.10. The van der Waals surface area contributed by atoms with Crippen molar-refractivity contribution in [1.29, 1.82) is 0 Å². The molecule has 12 heavy (non-hydrogen) atoms. The quantitative estimate of drug-likeness (QED) is 0.504. The molecule has 4 heteroatoms. The van der Waals surface area contributed by atoms with Crippen LogP contribution in [-0.2, 0) is 3.93 Å². The first-order valence-electron chi connectivity index (χ1n) is 3.19. The normalized spacial score (nSPS) is 11.5. The van der Waals surface area contributed by atoms with E-state index in [0.29, 0.717) is 5.69 Å². The smallest absolute Gasteiger partial charge is 0.316 e. The van der Waals surface area contributed by atoms with Crippen LogP contribution in [0.5, 0.6) is 0 Å². The van der Waals surface area contributed by atoms with Crippen molar-refractivity contribution in [2.75, 3.05) is 5.73 Å². The third-order valence-electron chi connectivity index (χ3n) is 1.41. The van der Waals surface area contributed by atoms with Gasteiger partial charge in [-0.25, -0.2) is 0 Å². The first-order chi connectivity index (χ1) is 5.56. The summed E-state index contributed by atoms with van der Waals surface area (Å²) in [5.41, 5.74) is 5.87. The lowest BCUT2D eigenvalue weighted by Crippen LogP contribution is -2.03. The number of benzene rings is 1. The van der Waals surface area contributed by atoms with Crippen LogP contribution in [-0.4, -0.2) is 4.51 Å². The zero-order valence-electron chi connectivity index (χ0n) is 6.23. The van der Waals surface area contributed by atoms with Crippen LogP contribution in [0.2, 0.25) is 0 Å². The first-order valence-corrected chi connectivity index (χ1v) is 5.80. The summed E-state index contributed by atoms with van der Waals surface area (Å²) in [6.07, 6.45) is 0. The third-order valence-corrected chi connectivity index (χ3v) is 2.99. The van der Waals surface area contributed by atoms with Crippen LogP contribution in [0.25, 0.3) is 0 Å². The zero-order chi connectivity index (χ0) is 9.19. The van der Waals surface area contributed by atoms with E-state index in [4.69, 9.17) is 5.73 Å². The van der Waals surface area contributed by atoms with E-state index in [2.05, 4.69) is 4.51 Å². The Hall–Kier alpha value is -0.520. The number of hydrogen-bond acceptors (Lipinski definition) is 1. The predicted molar refractivity (Wildman–Crippen MR) is 55.9 cm³/mol. The molecule has 66 valence electrons. The molecule has 0 aliphatic rings. The molecule has 0 radical (unpaired) electrons. The van der Waals surface area contributed by atoms with Crippen molar-refractivity contribution >= 4 is 30.9 Å². The van der Waals surface area contributed by atoms with Gasteiger partial charge in [-0.1, -0.05) is 16.6 Å². The van der Waals surface area contributed by atoms with Crippen LogP contribution < -0.4 is 5.73 Å². The second-order valence-electron chi connectivity index (χ2n) is 2.25. The third kappa shape index (κ3) is 2.00. The number of nitrogen functional groups attached to an aromatic ring is 1. The molecule has 0 heterocycles. The first kappa shape index (κ1) is 9.57. The average Bonchev–Trinajstić information content (AvgIpc) is 2.05. The summed E-state index contributed by atoms with van der Waals surface area (Å²) in [5.74, 6) is 0. The summed E-state index contributed by atoms with van der Waals surface area (Å²) in [6.45, 7) is 0. The van der Waals surface area contributed by atoms with Crippen molar-refractivity contribution in [1.82, 2.24) is 0 Å². The van der Waals surface area contributed by atoms with Gasteiger partial charge in [0.2, 0.25) is 0 Å².